The van der Waals surface area contributed by atoms with Crippen molar-refractivity contribution in [3.05, 3.63) is 23.8 Å². The molecule has 0 bridgehead atoms. The van der Waals surface area contributed by atoms with Gasteiger partial charge in [0, 0.05) is 25.7 Å². The Balaban J connectivity index is 1.67. The summed E-state index contributed by atoms with van der Waals surface area (Å²) < 4.78 is 27.5. The zero-order valence-electron chi connectivity index (χ0n) is 15.1. The van der Waals surface area contributed by atoms with Crippen molar-refractivity contribution in [2.24, 2.45) is 5.92 Å². The summed E-state index contributed by atoms with van der Waals surface area (Å²) in [6.07, 6.45) is 2.93. The average Bonchev–Trinajstić information content (AvgIpc) is 2.82. The van der Waals surface area contributed by atoms with Crippen LogP contribution in [0.2, 0.25) is 0 Å². The van der Waals surface area contributed by atoms with Crippen LogP contribution < -0.4 is 5.32 Å². The van der Waals surface area contributed by atoms with Crippen LogP contribution in [0.3, 0.4) is 0 Å². The van der Waals surface area contributed by atoms with Crippen LogP contribution in [-0.2, 0) is 4.79 Å². The Morgan fingerprint density at radius 3 is 2.96 bits per heavy atom. The van der Waals surface area contributed by atoms with Crippen LogP contribution in [0.15, 0.2) is 12.1 Å². The van der Waals surface area contributed by atoms with Gasteiger partial charge in [-0.15, -0.1) is 0 Å². The highest BCUT2D eigenvalue weighted by Crippen LogP contribution is 2.29. The standard InChI is InChI=1S/C18H24F2N4OS/c1-23(2)7-8-24-6-4-3-5-12(11-24)17(25)22-18-21-16-14(20)9-13(19)10-15(16)26-18/h9-10,12H,3-8,11H2,1-2H3,(H,21,22,25). The summed E-state index contributed by atoms with van der Waals surface area (Å²) in [5, 5.41) is 3.12. The Bertz CT molecular complexity index is 780. The minimum Gasteiger partial charge on any atom is -0.308 e. The second-order valence-corrected chi connectivity index (χ2v) is 8.07. The van der Waals surface area contributed by atoms with Gasteiger partial charge in [-0.3, -0.25) is 4.79 Å². The number of hydrogen-bond acceptors (Lipinski definition) is 5. The smallest absolute Gasteiger partial charge is 0.230 e. The molecule has 1 aliphatic heterocycles. The molecule has 2 aromatic rings. The summed E-state index contributed by atoms with van der Waals surface area (Å²) in [6, 6.07) is 2.04. The van der Waals surface area contributed by atoms with Gasteiger partial charge in [-0.05, 0) is 39.5 Å². The van der Waals surface area contributed by atoms with Crippen molar-refractivity contribution in [2.75, 3.05) is 45.6 Å². The molecule has 26 heavy (non-hydrogen) atoms. The van der Waals surface area contributed by atoms with Crippen molar-refractivity contribution in [2.45, 2.75) is 19.3 Å². The number of likely N-dealkylation sites (N-methyl/N-ethyl adjacent to an activating group) is 1. The molecule has 1 aromatic heterocycles. The number of benzene rings is 1. The first-order chi connectivity index (χ1) is 12.4. The molecule has 1 saturated heterocycles. The molecule has 0 radical (unpaired) electrons. The minimum atomic E-state index is -0.707. The van der Waals surface area contributed by atoms with Crippen molar-refractivity contribution in [1.82, 2.24) is 14.8 Å². The van der Waals surface area contributed by atoms with E-state index in [2.05, 4.69) is 20.1 Å². The first-order valence-corrected chi connectivity index (χ1v) is 9.67. The number of carbonyl (C=O) groups excluding carboxylic acids is 1. The number of aromatic nitrogens is 1. The largest absolute Gasteiger partial charge is 0.308 e. The first-order valence-electron chi connectivity index (χ1n) is 8.86. The maximum absolute atomic E-state index is 13.8. The fraction of sp³-hybridized carbons (Fsp3) is 0.556. The molecule has 1 unspecified atom stereocenters. The molecule has 142 valence electrons. The Hall–Kier alpha value is -1.64. The van der Waals surface area contributed by atoms with Crippen LogP contribution in [0.5, 0.6) is 0 Å². The monoisotopic (exact) mass is 382 g/mol. The number of anilines is 1. The van der Waals surface area contributed by atoms with Gasteiger partial charge in [0.05, 0.1) is 10.6 Å². The summed E-state index contributed by atoms with van der Waals surface area (Å²) in [7, 11) is 4.08. The molecule has 5 nitrogen and oxygen atoms in total. The molecule has 0 spiro atoms. The minimum absolute atomic E-state index is 0.0957. The van der Waals surface area contributed by atoms with E-state index in [1.165, 1.54) is 6.07 Å². The lowest BCUT2D eigenvalue weighted by Gasteiger charge is -2.24. The van der Waals surface area contributed by atoms with E-state index in [1.54, 1.807) is 0 Å². The van der Waals surface area contributed by atoms with Crippen LogP contribution >= 0.6 is 11.3 Å². The van der Waals surface area contributed by atoms with E-state index in [0.29, 0.717) is 16.4 Å². The normalized spacial score (nSPS) is 19.0. The highest BCUT2D eigenvalue weighted by atomic mass is 32.1. The van der Waals surface area contributed by atoms with Gasteiger partial charge in [-0.2, -0.15) is 0 Å². The van der Waals surface area contributed by atoms with Crippen molar-refractivity contribution in [3.8, 4) is 0 Å². The van der Waals surface area contributed by atoms with E-state index in [-0.39, 0.29) is 17.3 Å². The summed E-state index contributed by atoms with van der Waals surface area (Å²) in [5.74, 6) is -1.56. The Morgan fingerprint density at radius 2 is 2.19 bits per heavy atom. The van der Waals surface area contributed by atoms with Crippen LogP contribution in [0, 0.1) is 17.6 Å². The number of halogens is 2. The van der Waals surface area contributed by atoms with E-state index in [4.69, 9.17) is 0 Å². The molecule has 8 heteroatoms. The molecule has 0 aliphatic carbocycles. The lowest BCUT2D eigenvalue weighted by molar-refractivity contribution is -0.120. The molecule has 0 saturated carbocycles. The number of hydrogen-bond donors (Lipinski definition) is 1. The van der Waals surface area contributed by atoms with E-state index < -0.39 is 11.6 Å². The third-order valence-electron chi connectivity index (χ3n) is 4.63. The zero-order chi connectivity index (χ0) is 18.7. The first kappa shape index (κ1) is 19.1. The van der Waals surface area contributed by atoms with E-state index >= 15 is 0 Å². The second kappa shape index (κ2) is 8.37. The zero-order valence-corrected chi connectivity index (χ0v) is 15.9. The Morgan fingerprint density at radius 1 is 1.38 bits per heavy atom. The summed E-state index contributed by atoms with van der Waals surface area (Å²) in [6.45, 7) is 3.61. The highest BCUT2D eigenvalue weighted by Gasteiger charge is 2.25. The third-order valence-corrected chi connectivity index (χ3v) is 5.55. The van der Waals surface area contributed by atoms with Gasteiger partial charge in [0.1, 0.15) is 11.3 Å². The number of rotatable bonds is 5. The SMILES string of the molecule is CN(C)CCN1CCCCC(C(=O)Nc2nc3c(F)cc(F)cc3s2)C1. The maximum Gasteiger partial charge on any atom is 0.230 e. The van der Waals surface area contributed by atoms with Gasteiger partial charge in [-0.25, -0.2) is 13.8 Å². The van der Waals surface area contributed by atoms with Crippen molar-refractivity contribution < 1.29 is 13.6 Å². The molecular formula is C18H24F2N4OS. The van der Waals surface area contributed by atoms with Gasteiger partial charge in [0.15, 0.2) is 10.9 Å². The number of fused-ring (bicyclic) bond motifs is 1. The van der Waals surface area contributed by atoms with E-state index in [1.807, 2.05) is 14.1 Å². The Kier molecular flexibility index (Phi) is 6.16. The van der Waals surface area contributed by atoms with E-state index in [9.17, 15) is 13.6 Å². The second-order valence-electron chi connectivity index (χ2n) is 7.04. The fourth-order valence-corrected chi connectivity index (χ4v) is 4.11. The molecular weight excluding hydrogens is 358 g/mol. The fourth-order valence-electron chi connectivity index (χ4n) is 3.20. The number of nitrogens with zero attached hydrogens (tertiary/aromatic N) is 3. The van der Waals surface area contributed by atoms with Crippen molar-refractivity contribution >= 4 is 32.6 Å². The maximum atomic E-state index is 13.8. The van der Waals surface area contributed by atoms with Gasteiger partial charge in [0.25, 0.3) is 0 Å². The number of nitrogens with one attached hydrogen (secondary N) is 1. The van der Waals surface area contributed by atoms with Crippen LogP contribution in [-0.4, -0.2) is 61.0 Å². The summed E-state index contributed by atoms with van der Waals surface area (Å²) >= 11 is 1.09. The van der Waals surface area contributed by atoms with Crippen molar-refractivity contribution in [1.29, 1.82) is 0 Å². The molecule has 1 aromatic carbocycles. The lowest BCUT2D eigenvalue weighted by atomic mass is 10.0. The number of amides is 1. The number of thiazole rings is 1. The molecule has 3 rings (SSSR count). The quantitative estimate of drug-likeness (QED) is 0.863. The molecule has 1 fully saturated rings. The topological polar surface area (TPSA) is 48.5 Å². The average molecular weight is 382 g/mol. The molecule has 1 N–H and O–H groups in total. The summed E-state index contributed by atoms with van der Waals surface area (Å²) in [4.78, 5) is 21.3. The number of carbonyl (C=O) groups is 1. The molecule has 1 amide bonds. The van der Waals surface area contributed by atoms with Gasteiger partial charge in [0.2, 0.25) is 5.91 Å². The van der Waals surface area contributed by atoms with Crippen molar-refractivity contribution in [3.63, 3.8) is 0 Å². The van der Waals surface area contributed by atoms with Gasteiger partial charge >= 0.3 is 0 Å². The van der Waals surface area contributed by atoms with E-state index in [0.717, 1.165) is 56.3 Å². The third kappa shape index (κ3) is 4.75. The van der Waals surface area contributed by atoms with Crippen LogP contribution in [0.4, 0.5) is 13.9 Å². The highest BCUT2D eigenvalue weighted by molar-refractivity contribution is 7.22. The predicted octanol–water partition coefficient (Wildman–Crippen LogP) is 3.18. The molecule has 1 atom stereocenters. The van der Waals surface area contributed by atoms with Crippen LogP contribution in [0.25, 0.3) is 10.2 Å². The lowest BCUT2D eigenvalue weighted by Crippen LogP contribution is -2.38. The predicted molar refractivity (Wildman–Crippen MR) is 101 cm³/mol. The molecule has 1 aliphatic rings. The number of likely N-dealkylation sites (tertiary alicyclic amines) is 1. The van der Waals surface area contributed by atoms with Gasteiger partial charge in [-0.1, -0.05) is 17.8 Å². The Labute approximate surface area is 156 Å². The van der Waals surface area contributed by atoms with Crippen LogP contribution in [0.1, 0.15) is 19.3 Å². The summed E-state index contributed by atoms with van der Waals surface area (Å²) in [5.41, 5.74) is 0.0974. The van der Waals surface area contributed by atoms with Gasteiger partial charge < -0.3 is 15.1 Å². The molecule has 2 heterocycles.